The lowest BCUT2D eigenvalue weighted by Crippen LogP contribution is -2.56. The first-order chi connectivity index (χ1) is 9.48. The van der Waals surface area contributed by atoms with Gasteiger partial charge in [0.15, 0.2) is 0 Å². The molecule has 1 aliphatic rings. The normalized spacial score (nSPS) is 18.4. The van der Waals surface area contributed by atoms with Gasteiger partial charge in [0.05, 0.1) is 6.61 Å². The molecule has 5 nitrogen and oxygen atoms in total. The van der Waals surface area contributed by atoms with Crippen LogP contribution in [-0.2, 0) is 0 Å². The lowest BCUT2D eigenvalue weighted by Gasteiger charge is -2.48. The summed E-state index contributed by atoms with van der Waals surface area (Å²) in [7, 11) is 0. The number of nitrogens with one attached hydrogen (secondary N) is 1. The van der Waals surface area contributed by atoms with Gasteiger partial charge in [-0.3, -0.25) is 4.79 Å². The number of nitrogens with zero attached hydrogens (tertiary/aromatic N) is 2. The summed E-state index contributed by atoms with van der Waals surface area (Å²) in [4.78, 5) is 20.5. The first-order valence-electron chi connectivity index (χ1n) is 7.20. The number of aliphatic hydroxyl groups excluding tert-OH is 1. The first kappa shape index (κ1) is 14.9. The second-order valence-electron chi connectivity index (χ2n) is 6.09. The van der Waals surface area contributed by atoms with Gasteiger partial charge in [0.1, 0.15) is 0 Å². The average molecular weight is 277 g/mol. The Kier molecular flexibility index (Phi) is 4.38. The van der Waals surface area contributed by atoms with Gasteiger partial charge in [0, 0.05) is 23.3 Å². The van der Waals surface area contributed by atoms with Crippen LogP contribution in [0.2, 0.25) is 0 Å². The van der Waals surface area contributed by atoms with Crippen molar-refractivity contribution in [1.82, 2.24) is 15.3 Å². The van der Waals surface area contributed by atoms with Gasteiger partial charge in [-0.25, -0.2) is 9.97 Å². The average Bonchev–Trinajstić information content (AvgIpc) is 2.36. The number of carbonyl (C=O) groups excluding carboxylic acids is 1. The predicted octanol–water partition coefficient (Wildman–Crippen LogP) is 1.70. The Morgan fingerprint density at radius 2 is 2.20 bits per heavy atom. The van der Waals surface area contributed by atoms with E-state index >= 15 is 0 Å². The molecule has 1 amide bonds. The number of carbonyl (C=O) groups is 1. The number of rotatable bonds is 5. The highest BCUT2D eigenvalue weighted by molar-refractivity contribution is 5.90. The van der Waals surface area contributed by atoms with Crippen LogP contribution in [0.4, 0.5) is 0 Å². The number of aliphatic hydroxyl groups is 1. The van der Waals surface area contributed by atoms with Crippen molar-refractivity contribution in [2.45, 2.75) is 46.1 Å². The van der Waals surface area contributed by atoms with Crippen molar-refractivity contribution in [2.24, 2.45) is 11.3 Å². The van der Waals surface area contributed by atoms with Crippen molar-refractivity contribution in [3.8, 4) is 0 Å². The molecule has 2 N–H and O–H groups in total. The maximum atomic E-state index is 12.3. The van der Waals surface area contributed by atoms with Gasteiger partial charge in [-0.2, -0.15) is 0 Å². The Hall–Kier alpha value is -1.49. The molecule has 1 aromatic rings. The standard InChI is InChI=1S/C15H23N3O2/c1-10(2)12(15(9-19)6-4-7-15)18-14(20)13-16-8-5-11(3)17-13/h5,8,10,12,19H,4,6-7,9H2,1-3H3,(H,18,20). The van der Waals surface area contributed by atoms with Crippen LogP contribution in [0, 0.1) is 18.3 Å². The van der Waals surface area contributed by atoms with E-state index in [1.165, 1.54) is 0 Å². The molecule has 0 aromatic carbocycles. The molecular formula is C15H23N3O2. The van der Waals surface area contributed by atoms with E-state index in [4.69, 9.17) is 0 Å². The molecule has 1 atom stereocenters. The van der Waals surface area contributed by atoms with Crippen molar-refractivity contribution >= 4 is 5.91 Å². The van der Waals surface area contributed by atoms with Gasteiger partial charge in [0.2, 0.25) is 5.82 Å². The SMILES string of the molecule is Cc1ccnc(C(=O)NC(C(C)C)C2(CO)CCC2)n1. The number of aromatic nitrogens is 2. The van der Waals surface area contributed by atoms with Crippen LogP contribution < -0.4 is 5.32 Å². The van der Waals surface area contributed by atoms with E-state index in [0.29, 0.717) is 0 Å². The summed E-state index contributed by atoms with van der Waals surface area (Å²) in [6, 6.07) is 1.72. The predicted molar refractivity (Wildman–Crippen MR) is 76.2 cm³/mol. The molecule has 1 heterocycles. The topological polar surface area (TPSA) is 75.1 Å². The van der Waals surface area contributed by atoms with E-state index in [2.05, 4.69) is 29.1 Å². The van der Waals surface area contributed by atoms with Crippen LogP contribution >= 0.6 is 0 Å². The van der Waals surface area contributed by atoms with Gasteiger partial charge in [-0.15, -0.1) is 0 Å². The summed E-state index contributed by atoms with van der Waals surface area (Å²) >= 11 is 0. The molecule has 5 heteroatoms. The molecule has 1 aromatic heterocycles. The summed E-state index contributed by atoms with van der Waals surface area (Å²) in [5.41, 5.74) is 0.597. The molecule has 1 unspecified atom stereocenters. The highest BCUT2D eigenvalue weighted by Crippen LogP contribution is 2.45. The summed E-state index contributed by atoms with van der Waals surface area (Å²) in [6.07, 6.45) is 4.62. The minimum absolute atomic E-state index is 0.0436. The number of hydrogen-bond acceptors (Lipinski definition) is 4. The quantitative estimate of drug-likeness (QED) is 0.859. The molecule has 0 saturated heterocycles. The van der Waals surface area contributed by atoms with E-state index in [1.807, 2.05) is 6.92 Å². The van der Waals surface area contributed by atoms with Crippen LogP contribution in [0.15, 0.2) is 12.3 Å². The van der Waals surface area contributed by atoms with Gasteiger partial charge >= 0.3 is 0 Å². The van der Waals surface area contributed by atoms with Crippen molar-refractivity contribution in [2.75, 3.05) is 6.61 Å². The van der Waals surface area contributed by atoms with E-state index < -0.39 is 0 Å². The minimum atomic E-state index is -0.257. The van der Waals surface area contributed by atoms with E-state index in [1.54, 1.807) is 12.3 Å². The Balaban J connectivity index is 2.14. The molecule has 2 rings (SSSR count). The van der Waals surface area contributed by atoms with E-state index in [9.17, 15) is 9.90 Å². The molecular weight excluding hydrogens is 254 g/mol. The van der Waals surface area contributed by atoms with E-state index in [0.717, 1.165) is 25.0 Å². The Bertz CT molecular complexity index is 478. The van der Waals surface area contributed by atoms with Gasteiger partial charge in [0.25, 0.3) is 5.91 Å². The fraction of sp³-hybridized carbons (Fsp3) is 0.667. The minimum Gasteiger partial charge on any atom is -0.396 e. The van der Waals surface area contributed by atoms with Crippen molar-refractivity contribution in [3.63, 3.8) is 0 Å². The van der Waals surface area contributed by atoms with Crippen LogP contribution in [0.5, 0.6) is 0 Å². The third kappa shape index (κ3) is 2.82. The molecule has 1 fully saturated rings. The Morgan fingerprint density at radius 3 is 2.65 bits per heavy atom. The molecule has 110 valence electrons. The molecule has 0 bridgehead atoms. The third-order valence-corrected chi connectivity index (χ3v) is 4.28. The second-order valence-corrected chi connectivity index (χ2v) is 6.09. The second kappa shape index (κ2) is 5.87. The van der Waals surface area contributed by atoms with E-state index in [-0.39, 0.29) is 35.7 Å². The van der Waals surface area contributed by atoms with Gasteiger partial charge < -0.3 is 10.4 Å². The lowest BCUT2D eigenvalue weighted by atomic mass is 9.62. The van der Waals surface area contributed by atoms with Gasteiger partial charge in [-0.05, 0) is 31.7 Å². The maximum absolute atomic E-state index is 12.3. The molecule has 1 aliphatic carbocycles. The van der Waals surface area contributed by atoms with Crippen molar-refractivity contribution < 1.29 is 9.90 Å². The highest BCUT2D eigenvalue weighted by Gasteiger charge is 2.45. The summed E-state index contributed by atoms with van der Waals surface area (Å²) in [5, 5.41) is 12.7. The fourth-order valence-electron chi connectivity index (χ4n) is 2.99. The molecule has 0 aliphatic heterocycles. The molecule has 20 heavy (non-hydrogen) atoms. The zero-order valence-corrected chi connectivity index (χ0v) is 12.4. The highest BCUT2D eigenvalue weighted by atomic mass is 16.3. The van der Waals surface area contributed by atoms with Crippen LogP contribution in [0.3, 0.4) is 0 Å². The fourth-order valence-corrected chi connectivity index (χ4v) is 2.99. The largest absolute Gasteiger partial charge is 0.396 e. The van der Waals surface area contributed by atoms with Crippen LogP contribution in [0.1, 0.15) is 49.4 Å². The smallest absolute Gasteiger partial charge is 0.289 e. The van der Waals surface area contributed by atoms with Gasteiger partial charge in [-0.1, -0.05) is 20.3 Å². The van der Waals surface area contributed by atoms with Crippen LogP contribution in [0.25, 0.3) is 0 Å². The summed E-state index contributed by atoms with van der Waals surface area (Å²) in [6.45, 7) is 6.08. The summed E-state index contributed by atoms with van der Waals surface area (Å²) < 4.78 is 0. The third-order valence-electron chi connectivity index (χ3n) is 4.28. The molecule has 1 saturated carbocycles. The lowest BCUT2D eigenvalue weighted by molar-refractivity contribution is -0.00792. The maximum Gasteiger partial charge on any atom is 0.289 e. The number of aryl methyl sites for hydroxylation is 1. The first-order valence-corrected chi connectivity index (χ1v) is 7.20. The molecule has 0 spiro atoms. The van der Waals surface area contributed by atoms with Crippen LogP contribution in [-0.4, -0.2) is 33.6 Å². The molecule has 0 radical (unpaired) electrons. The van der Waals surface area contributed by atoms with Crippen molar-refractivity contribution in [3.05, 3.63) is 23.8 Å². The number of amides is 1. The Morgan fingerprint density at radius 1 is 1.50 bits per heavy atom. The zero-order chi connectivity index (χ0) is 14.8. The van der Waals surface area contributed by atoms with Crippen molar-refractivity contribution in [1.29, 1.82) is 0 Å². The number of hydrogen-bond donors (Lipinski definition) is 2. The monoisotopic (exact) mass is 277 g/mol. The summed E-state index contributed by atoms with van der Waals surface area (Å²) in [5.74, 6) is 0.200. The Labute approximate surface area is 119 Å². The zero-order valence-electron chi connectivity index (χ0n) is 12.4.